The van der Waals surface area contributed by atoms with Gasteiger partial charge in [-0.25, -0.2) is 43.3 Å². The van der Waals surface area contributed by atoms with Gasteiger partial charge < -0.3 is 61.7 Å². The second kappa shape index (κ2) is 60.0. The third-order valence-corrected chi connectivity index (χ3v) is 23.0. The number of Topliss-reactive ketones (excluding diaryl/α,β-unsaturated/α-hetero) is 6. The van der Waals surface area contributed by atoms with Gasteiger partial charge in [-0.05, 0) is 142 Å². The van der Waals surface area contributed by atoms with Crippen LogP contribution in [0, 0.1) is 69.2 Å². The molecule has 2 saturated heterocycles. The van der Waals surface area contributed by atoms with Crippen LogP contribution in [0.25, 0.3) is 0 Å². The summed E-state index contributed by atoms with van der Waals surface area (Å²) in [5.41, 5.74) is 14.3. The predicted octanol–water partition coefficient (Wildman–Crippen LogP) is 14.1. The van der Waals surface area contributed by atoms with Gasteiger partial charge in [0, 0.05) is 212 Å². The fraction of sp³-hybridized carbons (Fsp3) is 0.393. The van der Waals surface area contributed by atoms with Gasteiger partial charge in [-0.3, -0.25) is 58.5 Å². The predicted molar refractivity (Wildman–Crippen MR) is 542 cm³/mol. The largest absolute Gasteiger partial charge is 0.491 e. The average Bonchev–Trinajstić information content (AvgIpc) is 0.902. The molecule has 12 aromatic heterocycles. The number of likely N-dealkylation sites (tertiary alicyclic amines) is 1. The maximum absolute atomic E-state index is 12.5. The summed E-state index contributed by atoms with van der Waals surface area (Å²) in [5.74, 6) is 3.17. The molecular weight excluding hydrogens is 1880 g/mol. The van der Waals surface area contributed by atoms with Crippen LogP contribution in [0.1, 0.15) is 174 Å². The molecule has 1 amide bonds. The minimum atomic E-state index is -3.18. The first-order chi connectivity index (χ1) is 69.1. The van der Waals surface area contributed by atoms with Gasteiger partial charge >= 0.3 is 0 Å². The lowest BCUT2D eigenvalue weighted by atomic mass is 10.1. The van der Waals surface area contributed by atoms with Crippen molar-refractivity contribution in [2.45, 2.75) is 141 Å². The topological polar surface area (TPSA) is 426 Å². The first kappa shape index (κ1) is 114. The highest BCUT2D eigenvalue weighted by Gasteiger charge is 2.35. The Balaban J connectivity index is 0.000000193. The molecule has 35 nitrogen and oxygen atoms in total. The Morgan fingerprint density at radius 2 is 0.632 bits per heavy atom. The molecule has 2 aliphatic heterocycles. The van der Waals surface area contributed by atoms with Crippen LogP contribution in [0.5, 0.6) is 34.5 Å². The Bertz CT molecular complexity index is 6240. The van der Waals surface area contributed by atoms with Crippen molar-refractivity contribution in [1.82, 2.24) is 69.0 Å². The number of thiazole rings is 1. The Morgan fingerprint density at radius 3 is 0.903 bits per heavy atom. The van der Waals surface area contributed by atoms with E-state index in [2.05, 4.69) is 59.8 Å². The van der Waals surface area contributed by atoms with Crippen molar-refractivity contribution in [2.75, 3.05) is 139 Å². The fourth-order valence-electron chi connectivity index (χ4n) is 13.5. The smallest absolute Gasteiger partial charge is 0.219 e. The Kier molecular flexibility index (Phi) is 47.4. The number of hydrogen-bond acceptors (Lipinski definition) is 34. The highest BCUT2D eigenvalue weighted by molar-refractivity contribution is 7.88. The van der Waals surface area contributed by atoms with Crippen LogP contribution in [-0.4, -0.2) is 269 Å². The number of pyridine rings is 11. The van der Waals surface area contributed by atoms with Crippen LogP contribution < -0.4 is 28.4 Å². The summed E-state index contributed by atoms with van der Waals surface area (Å²) in [7, 11) is 0.0794. The van der Waals surface area contributed by atoms with E-state index < -0.39 is 10.0 Å². The molecule has 14 heterocycles. The van der Waals surface area contributed by atoms with Crippen LogP contribution in [0.3, 0.4) is 0 Å². The number of sulfonamides is 1. The van der Waals surface area contributed by atoms with Crippen molar-refractivity contribution < 1.29 is 98.8 Å². The zero-order valence-corrected chi connectivity index (χ0v) is 86.2. The zero-order chi connectivity index (χ0) is 104. The molecule has 2 fully saturated rings. The van der Waals surface area contributed by atoms with Crippen molar-refractivity contribution >= 4 is 62.0 Å². The van der Waals surface area contributed by atoms with Crippen molar-refractivity contribution in [1.29, 1.82) is 0 Å². The van der Waals surface area contributed by atoms with Crippen LogP contribution in [-0.2, 0) is 81.8 Å². The Labute approximate surface area is 845 Å². The molecule has 0 spiro atoms. The van der Waals surface area contributed by atoms with E-state index in [-0.39, 0.29) is 91.3 Å². The van der Waals surface area contributed by atoms with Gasteiger partial charge in [0.1, 0.15) is 112 Å². The highest BCUT2D eigenvalue weighted by atomic mass is 32.2. The number of rotatable bonds is 47. The first-order valence-electron chi connectivity index (χ1n) is 47.1. The van der Waals surface area contributed by atoms with E-state index in [0.717, 1.165) is 78.6 Å². The maximum Gasteiger partial charge on any atom is 0.219 e. The number of methoxy groups -OCH3 is 2. The van der Waals surface area contributed by atoms with Crippen molar-refractivity contribution in [2.24, 2.45) is 0 Å². The third-order valence-electron chi connectivity index (χ3n) is 20.8. The molecular formula is C107H128N14O21S2. The minimum Gasteiger partial charge on any atom is -0.491 e. The standard InChI is InChI=1S/C19H21N3O3.C18H21N3O4S.C18H22N2O4.C18H22N2O3.C17H22N2O4S.C17H20N2O3/c1-12-4-5-15(20-9-12)7-19(24)18-8-16(6-13(2)21-18)25-17-10-22(11-17)14(3)23;1-12-4-5-14(19-9-12)7-18(22)17-8-15(6-13(2)20-17)25-16-10-21(11-16)26(3,23)24;1-14-11-16(24-10-9-23-8-7-22-2)13-17(20-14)18(21)12-15-5-3-4-6-19-15;1-4-22-7-8-23-16-9-14(3)20-17(11-16)18(21)10-15-6-5-13(2)12-19-15;1-12-8-14(23-7-6-22-5-4-21-3)9-15(18-12)16(20)10-17-19-13(2)11-24-17;1-3-21-8-9-22-15-10-13(2)19-16(12-15)17(20)11-14-6-4-5-7-18-14/h4-6,8-9,17H,7,10-11H2,1-3H3;4-6,8-9,16H,7,10-11H2,1-3H3;3-6,11,13H,7-10,12H2,1-2H3;5-6,9,11-12H,4,7-8,10H2,1-3H3;8-9,11H,4-7,10H2,1-3H3;4-7,10,12H,3,8-9,11H2,1-2H3. The third kappa shape index (κ3) is 41.7. The number of amides is 1. The summed E-state index contributed by atoms with van der Waals surface area (Å²) in [6.07, 6.45) is 10.8. The van der Waals surface area contributed by atoms with Crippen molar-refractivity contribution in [3.63, 3.8) is 0 Å². The maximum atomic E-state index is 12.5. The van der Waals surface area contributed by atoms with Gasteiger partial charge in [0.25, 0.3) is 0 Å². The van der Waals surface area contributed by atoms with Crippen LogP contribution in [0.2, 0.25) is 0 Å². The molecule has 0 N–H and O–H groups in total. The Morgan fingerprint density at radius 1 is 0.340 bits per heavy atom. The normalized spacial score (nSPS) is 12.1. The van der Waals surface area contributed by atoms with Crippen LogP contribution in [0.15, 0.2) is 182 Å². The summed E-state index contributed by atoms with van der Waals surface area (Å²) in [6, 6.07) is 43.1. The lowest BCUT2D eigenvalue weighted by Gasteiger charge is -2.38. The van der Waals surface area contributed by atoms with Gasteiger partial charge in [0.15, 0.2) is 34.7 Å². The summed E-state index contributed by atoms with van der Waals surface area (Å²) in [6.45, 7) is 33.1. The number of nitrogens with zero attached hydrogens (tertiary/aromatic N) is 14. The lowest BCUT2D eigenvalue weighted by molar-refractivity contribution is -0.137. The number of ether oxygens (including phenoxy) is 12. The molecule has 0 atom stereocenters. The second-order valence-corrected chi connectivity index (χ2v) is 36.5. The van der Waals surface area contributed by atoms with E-state index >= 15 is 0 Å². The molecule has 0 aromatic carbocycles. The molecule has 764 valence electrons. The molecule has 12 aromatic rings. The quantitative estimate of drug-likeness (QED) is 0.0252. The van der Waals surface area contributed by atoms with Crippen LogP contribution in [0.4, 0.5) is 0 Å². The van der Waals surface area contributed by atoms with E-state index in [1.807, 2.05) is 166 Å². The zero-order valence-electron chi connectivity index (χ0n) is 84.6. The number of ketones is 6. The van der Waals surface area contributed by atoms with Crippen molar-refractivity contribution in [3.8, 4) is 34.5 Å². The number of aromatic nitrogens is 12. The Hall–Kier alpha value is -13.8. The summed E-state index contributed by atoms with van der Waals surface area (Å²) < 4.78 is 89.3. The molecule has 0 radical (unpaired) electrons. The molecule has 0 unspecified atom stereocenters. The monoisotopic (exact) mass is 2010 g/mol. The molecule has 0 saturated carbocycles. The SMILES string of the molecule is CC(=O)N1CC(Oc2cc(C)nc(C(=O)Cc3ccc(C)cn3)c2)C1.CCOCCOc1cc(C)nc(C(=O)Cc2ccc(C)cn2)c1.CCOCCOc1cc(C)nc(C(=O)Cc2ccccn2)c1.COCCOCCOc1cc(C)nc(C(=O)Cc2ccccn2)c1.COCCOCCOc1cc(C)nc(C(=O)Cc2nc(C)cs2)c1.Cc1ccc(CC(=O)c2cc(OC3CN(S(C)(=O)=O)C3)cc(C)n2)nc1. The van der Waals surface area contributed by atoms with Gasteiger partial charge in [0.2, 0.25) is 15.9 Å². The number of carbonyl (C=O) groups excluding carboxylic acids is 7. The van der Waals surface area contributed by atoms with Gasteiger partial charge in [-0.15, -0.1) is 11.3 Å². The first-order valence-corrected chi connectivity index (χ1v) is 49.8. The van der Waals surface area contributed by atoms with E-state index in [1.54, 1.807) is 125 Å². The summed E-state index contributed by atoms with van der Waals surface area (Å²) >= 11 is 1.49. The average molecular weight is 2010 g/mol. The second-order valence-electron chi connectivity index (χ2n) is 33.6. The van der Waals surface area contributed by atoms with Gasteiger partial charge in [-0.1, -0.05) is 30.3 Å². The fourth-order valence-corrected chi connectivity index (χ4v) is 15.1. The van der Waals surface area contributed by atoms with Gasteiger partial charge in [0.05, 0.1) is 124 Å². The molecule has 14 rings (SSSR count). The number of hydrogen-bond donors (Lipinski definition) is 0. The van der Waals surface area contributed by atoms with E-state index in [1.165, 1.54) is 21.9 Å². The molecule has 37 heteroatoms. The molecule has 2 aliphatic rings. The number of aryl methyl sites for hydroxylation is 10. The van der Waals surface area contributed by atoms with E-state index in [4.69, 9.17) is 56.8 Å². The highest BCUT2D eigenvalue weighted by Crippen LogP contribution is 2.27. The van der Waals surface area contributed by atoms with Gasteiger partial charge in [-0.2, -0.15) is 4.31 Å². The van der Waals surface area contributed by atoms with Crippen LogP contribution >= 0.6 is 11.3 Å². The summed E-state index contributed by atoms with van der Waals surface area (Å²) in [5, 5.41) is 2.74. The molecule has 0 bridgehead atoms. The van der Waals surface area contributed by atoms with Crippen molar-refractivity contribution in [3.05, 3.63) is 306 Å². The van der Waals surface area contributed by atoms with E-state index in [9.17, 15) is 42.0 Å². The van der Waals surface area contributed by atoms with E-state index in [0.29, 0.717) is 199 Å². The molecule has 144 heavy (non-hydrogen) atoms. The lowest BCUT2D eigenvalue weighted by Crippen LogP contribution is -2.55. The molecule has 0 aliphatic carbocycles. The summed E-state index contributed by atoms with van der Waals surface area (Å²) in [4.78, 5) is 139. The minimum absolute atomic E-state index is 0.0348. The number of carbonyl (C=O) groups is 7.